The molecule has 0 spiro atoms. The van der Waals surface area contributed by atoms with Crippen molar-refractivity contribution in [2.24, 2.45) is 0 Å². The van der Waals surface area contributed by atoms with Gasteiger partial charge in [0.2, 0.25) is 0 Å². The van der Waals surface area contributed by atoms with E-state index in [2.05, 4.69) is 22.5 Å². The first kappa shape index (κ1) is 14.3. The van der Waals surface area contributed by atoms with E-state index in [1.807, 2.05) is 12.1 Å². The maximum absolute atomic E-state index is 12.5. The molecule has 0 saturated carbocycles. The van der Waals surface area contributed by atoms with Crippen molar-refractivity contribution in [3.05, 3.63) is 58.9 Å². The number of hydrogen-bond donors (Lipinski definition) is 0. The van der Waals surface area contributed by atoms with Crippen LogP contribution >= 0.6 is 27.3 Å². The molecule has 1 aromatic heterocycles. The number of anilines is 1. The topological polar surface area (TPSA) is 37.4 Å². The fraction of sp³-hybridized carbons (Fsp3) is 0.0769. The highest BCUT2D eigenvalue weighted by atomic mass is 79.9. The third-order valence-electron chi connectivity index (χ3n) is 2.45. The Morgan fingerprint density at radius 3 is 2.47 bits per heavy atom. The van der Waals surface area contributed by atoms with E-state index in [4.69, 9.17) is 0 Å². The zero-order valence-corrected chi connectivity index (χ0v) is 13.2. The fourth-order valence-corrected chi connectivity index (χ4v) is 4.39. The molecule has 100 valence electrons. The van der Waals surface area contributed by atoms with Crippen LogP contribution in [0.2, 0.25) is 0 Å². The summed E-state index contributed by atoms with van der Waals surface area (Å²) >= 11 is 4.55. The molecule has 6 heteroatoms. The molecular weight excluding hydrogens is 346 g/mol. The molecule has 0 aliphatic rings. The van der Waals surface area contributed by atoms with Crippen molar-refractivity contribution in [1.29, 1.82) is 0 Å². The average Bonchev–Trinajstić information content (AvgIpc) is 2.92. The van der Waals surface area contributed by atoms with Gasteiger partial charge in [0.05, 0.1) is 12.2 Å². The first-order valence-corrected chi connectivity index (χ1v) is 8.59. The number of halogens is 1. The van der Waals surface area contributed by atoms with Crippen molar-refractivity contribution < 1.29 is 8.42 Å². The number of thiophene rings is 1. The largest absolute Gasteiger partial charge is 0.274 e. The van der Waals surface area contributed by atoms with Gasteiger partial charge in [0.25, 0.3) is 10.0 Å². The lowest BCUT2D eigenvalue weighted by atomic mass is 10.3. The number of rotatable bonds is 5. The van der Waals surface area contributed by atoms with Gasteiger partial charge in [0.1, 0.15) is 4.21 Å². The minimum atomic E-state index is -3.52. The zero-order valence-electron chi connectivity index (χ0n) is 9.99. The Bertz CT molecular complexity index is 648. The van der Waals surface area contributed by atoms with E-state index in [9.17, 15) is 8.42 Å². The van der Waals surface area contributed by atoms with E-state index in [0.717, 1.165) is 4.47 Å². The summed E-state index contributed by atoms with van der Waals surface area (Å²) in [6.07, 6.45) is 1.58. The van der Waals surface area contributed by atoms with Crippen molar-refractivity contribution in [2.75, 3.05) is 10.8 Å². The van der Waals surface area contributed by atoms with Crippen LogP contribution in [-0.2, 0) is 10.0 Å². The molecule has 0 atom stereocenters. The van der Waals surface area contributed by atoms with Crippen LogP contribution in [0.5, 0.6) is 0 Å². The molecule has 1 aromatic carbocycles. The SMILES string of the molecule is C=CCN(c1ccc(Br)cc1)S(=O)(=O)c1cccs1. The summed E-state index contributed by atoms with van der Waals surface area (Å²) < 4.78 is 27.7. The Morgan fingerprint density at radius 2 is 1.95 bits per heavy atom. The van der Waals surface area contributed by atoms with Crippen molar-refractivity contribution in [1.82, 2.24) is 0 Å². The molecule has 0 aliphatic heterocycles. The van der Waals surface area contributed by atoms with Crippen LogP contribution in [0.15, 0.2) is 63.1 Å². The van der Waals surface area contributed by atoms with Gasteiger partial charge in [0, 0.05) is 4.47 Å². The maximum atomic E-state index is 12.5. The molecule has 3 nitrogen and oxygen atoms in total. The minimum absolute atomic E-state index is 0.238. The molecular formula is C13H12BrNO2S2. The fourth-order valence-electron chi connectivity index (χ4n) is 1.59. The maximum Gasteiger partial charge on any atom is 0.274 e. The van der Waals surface area contributed by atoms with E-state index in [0.29, 0.717) is 9.90 Å². The monoisotopic (exact) mass is 357 g/mol. The van der Waals surface area contributed by atoms with Gasteiger partial charge in [-0.1, -0.05) is 28.1 Å². The van der Waals surface area contributed by atoms with E-state index in [1.54, 1.807) is 35.7 Å². The number of benzene rings is 1. The van der Waals surface area contributed by atoms with Gasteiger partial charge >= 0.3 is 0 Å². The van der Waals surface area contributed by atoms with Crippen molar-refractivity contribution in [2.45, 2.75) is 4.21 Å². The zero-order chi connectivity index (χ0) is 13.9. The normalized spacial score (nSPS) is 11.2. The van der Waals surface area contributed by atoms with Crippen LogP contribution < -0.4 is 4.31 Å². The molecule has 0 radical (unpaired) electrons. The van der Waals surface area contributed by atoms with Gasteiger partial charge < -0.3 is 0 Å². The Hall–Kier alpha value is -1.11. The predicted octanol–water partition coefficient (Wildman–Crippen LogP) is 3.89. The Balaban J connectivity index is 2.46. The van der Waals surface area contributed by atoms with Crippen LogP contribution in [-0.4, -0.2) is 15.0 Å². The summed E-state index contributed by atoms with van der Waals surface area (Å²) in [5.41, 5.74) is 0.622. The molecule has 0 bridgehead atoms. The third-order valence-corrected chi connectivity index (χ3v) is 6.14. The first-order chi connectivity index (χ1) is 9.05. The molecule has 2 aromatic rings. The van der Waals surface area contributed by atoms with Gasteiger partial charge in [0.15, 0.2) is 0 Å². The smallest absolute Gasteiger partial charge is 0.262 e. The second kappa shape index (κ2) is 5.90. The molecule has 0 N–H and O–H groups in total. The number of hydrogen-bond acceptors (Lipinski definition) is 3. The van der Waals surface area contributed by atoms with Crippen molar-refractivity contribution in [3.63, 3.8) is 0 Å². The van der Waals surface area contributed by atoms with Crippen molar-refractivity contribution >= 4 is 43.0 Å². The second-order valence-corrected chi connectivity index (χ2v) is 7.69. The molecule has 0 aliphatic carbocycles. The molecule has 19 heavy (non-hydrogen) atoms. The third kappa shape index (κ3) is 3.08. The van der Waals surface area contributed by atoms with Gasteiger partial charge in [-0.05, 0) is 35.7 Å². The standard InChI is InChI=1S/C13H12BrNO2S2/c1-2-9-15(12-7-5-11(14)6-8-12)19(16,17)13-4-3-10-18-13/h2-8,10H,1,9H2. The number of sulfonamides is 1. The summed E-state index contributed by atoms with van der Waals surface area (Å²) in [6, 6.07) is 10.5. The summed E-state index contributed by atoms with van der Waals surface area (Å²) in [7, 11) is -3.52. The van der Waals surface area contributed by atoms with E-state index in [-0.39, 0.29) is 6.54 Å². The van der Waals surface area contributed by atoms with Crippen LogP contribution in [0, 0.1) is 0 Å². The second-order valence-electron chi connectivity index (χ2n) is 3.73. The van der Waals surface area contributed by atoms with Crippen LogP contribution in [0.25, 0.3) is 0 Å². The van der Waals surface area contributed by atoms with Crippen LogP contribution in [0.3, 0.4) is 0 Å². The van der Waals surface area contributed by atoms with E-state index < -0.39 is 10.0 Å². The molecule has 0 fully saturated rings. The summed E-state index contributed by atoms with van der Waals surface area (Å²) in [5.74, 6) is 0. The molecule has 0 saturated heterocycles. The lowest BCUT2D eigenvalue weighted by Crippen LogP contribution is -2.30. The van der Waals surface area contributed by atoms with E-state index in [1.165, 1.54) is 15.6 Å². The Labute approximate surface area is 125 Å². The number of nitrogens with zero attached hydrogens (tertiary/aromatic N) is 1. The van der Waals surface area contributed by atoms with Crippen molar-refractivity contribution in [3.8, 4) is 0 Å². The van der Waals surface area contributed by atoms with E-state index >= 15 is 0 Å². The molecule has 1 heterocycles. The highest BCUT2D eigenvalue weighted by Crippen LogP contribution is 2.27. The Morgan fingerprint density at radius 1 is 1.26 bits per heavy atom. The lowest BCUT2D eigenvalue weighted by Gasteiger charge is -2.22. The quantitative estimate of drug-likeness (QED) is 0.761. The lowest BCUT2D eigenvalue weighted by molar-refractivity contribution is 0.595. The highest BCUT2D eigenvalue weighted by Gasteiger charge is 2.24. The van der Waals surface area contributed by atoms with Crippen LogP contribution in [0.4, 0.5) is 5.69 Å². The van der Waals surface area contributed by atoms with Crippen LogP contribution in [0.1, 0.15) is 0 Å². The molecule has 2 rings (SSSR count). The summed E-state index contributed by atoms with van der Waals surface area (Å²) in [5, 5.41) is 1.75. The molecule has 0 unspecified atom stereocenters. The predicted molar refractivity (Wildman–Crippen MR) is 83.2 cm³/mol. The van der Waals surface area contributed by atoms with Gasteiger partial charge in [-0.25, -0.2) is 8.42 Å². The Kier molecular flexibility index (Phi) is 4.44. The minimum Gasteiger partial charge on any atom is -0.262 e. The molecule has 0 amide bonds. The summed E-state index contributed by atoms with van der Waals surface area (Å²) in [4.78, 5) is 0. The highest BCUT2D eigenvalue weighted by molar-refractivity contribution is 9.10. The summed E-state index contributed by atoms with van der Waals surface area (Å²) in [6.45, 7) is 3.86. The average molecular weight is 358 g/mol. The van der Waals surface area contributed by atoms with Gasteiger partial charge in [-0.15, -0.1) is 17.9 Å². The van der Waals surface area contributed by atoms with Gasteiger partial charge in [-0.3, -0.25) is 4.31 Å². The van der Waals surface area contributed by atoms with Gasteiger partial charge in [-0.2, -0.15) is 0 Å². The first-order valence-electron chi connectivity index (χ1n) is 5.48.